The molecule has 156 valence electrons. The molecule has 7 nitrogen and oxygen atoms in total. The van der Waals surface area contributed by atoms with Gasteiger partial charge in [0.25, 0.3) is 5.91 Å². The minimum Gasteiger partial charge on any atom is -0.496 e. The molecule has 3 rings (SSSR count). The summed E-state index contributed by atoms with van der Waals surface area (Å²) in [5.74, 6) is -2.80. The van der Waals surface area contributed by atoms with E-state index in [0.29, 0.717) is 19.1 Å². The van der Waals surface area contributed by atoms with Crippen LogP contribution in [0, 0.1) is 11.6 Å². The van der Waals surface area contributed by atoms with Crippen LogP contribution in [0.2, 0.25) is 5.02 Å². The minimum atomic E-state index is -3.93. The first-order valence-electron chi connectivity index (χ1n) is 8.45. The molecule has 1 aliphatic heterocycles. The van der Waals surface area contributed by atoms with Crippen molar-refractivity contribution >= 4 is 33.2 Å². The van der Waals surface area contributed by atoms with Gasteiger partial charge in [-0.1, -0.05) is 11.6 Å². The topological polar surface area (TPSA) is 93.7 Å². The third-order valence-electron chi connectivity index (χ3n) is 4.24. The third kappa shape index (κ3) is 4.84. The maximum absolute atomic E-state index is 13.9. The van der Waals surface area contributed by atoms with Crippen LogP contribution in [0.15, 0.2) is 35.2 Å². The maximum Gasteiger partial charge on any atom is 0.259 e. The summed E-state index contributed by atoms with van der Waals surface area (Å²) in [6, 6.07) is 4.78. The van der Waals surface area contributed by atoms with Crippen LogP contribution < -0.4 is 14.8 Å². The fraction of sp³-hybridized carbons (Fsp3) is 0.278. The predicted molar refractivity (Wildman–Crippen MR) is 102 cm³/mol. The number of hydrogen-bond donors (Lipinski definition) is 2. The van der Waals surface area contributed by atoms with Crippen molar-refractivity contribution in [3.05, 3.63) is 52.6 Å². The largest absolute Gasteiger partial charge is 0.496 e. The molecule has 0 saturated carbocycles. The number of carbonyl (C=O) groups is 1. The van der Waals surface area contributed by atoms with Gasteiger partial charge in [-0.25, -0.2) is 21.9 Å². The summed E-state index contributed by atoms with van der Waals surface area (Å²) < 4.78 is 65.2. The van der Waals surface area contributed by atoms with Crippen molar-refractivity contribution in [2.24, 2.45) is 0 Å². The molecule has 11 heteroatoms. The van der Waals surface area contributed by atoms with E-state index in [1.165, 1.54) is 19.2 Å². The van der Waals surface area contributed by atoms with E-state index in [1.807, 2.05) is 0 Å². The molecule has 29 heavy (non-hydrogen) atoms. The summed E-state index contributed by atoms with van der Waals surface area (Å²) in [4.78, 5) is 12.5. The number of rotatable bonds is 6. The van der Waals surface area contributed by atoms with E-state index in [-0.39, 0.29) is 39.6 Å². The molecule has 1 unspecified atom stereocenters. The molecule has 0 aliphatic carbocycles. The van der Waals surface area contributed by atoms with Gasteiger partial charge >= 0.3 is 0 Å². The van der Waals surface area contributed by atoms with Crippen LogP contribution in [-0.4, -0.2) is 40.7 Å². The minimum absolute atomic E-state index is 0.0688. The van der Waals surface area contributed by atoms with Gasteiger partial charge in [-0.2, -0.15) is 0 Å². The highest BCUT2D eigenvalue weighted by Crippen LogP contribution is 2.27. The number of halogens is 3. The first kappa shape index (κ1) is 21.4. The molecule has 2 N–H and O–H groups in total. The third-order valence-corrected chi connectivity index (χ3v) is 6.04. The normalized spacial score (nSPS) is 16.6. The predicted octanol–water partition coefficient (Wildman–Crippen LogP) is 2.95. The number of benzene rings is 2. The second kappa shape index (κ2) is 8.62. The standard InChI is InChI=1S/C18H17ClF2N2O5S/c1-27-17-3-2-11(29(25,26)23-10-4-5-28-9-10)6-12(17)18(24)22-16-7-13(19)14(20)8-15(16)21/h2-3,6-8,10,23H,4-5,9H2,1H3,(H,22,24). The Hall–Kier alpha value is -2.27. The molecular weight excluding hydrogens is 430 g/mol. The first-order chi connectivity index (χ1) is 13.7. The molecule has 1 heterocycles. The van der Waals surface area contributed by atoms with Crippen molar-refractivity contribution in [1.82, 2.24) is 4.72 Å². The molecule has 0 bridgehead atoms. The summed E-state index contributed by atoms with van der Waals surface area (Å²) in [5, 5.41) is 1.86. The van der Waals surface area contributed by atoms with Gasteiger partial charge in [-0.3, -0.25) is 4.79 Å². The van der Waals surface area contributed by atoms with Crippen molar-refractivity contribution in [3.63, 3.8) is 0 Å². The molecule has 1 fully saturated rings. The van der Waals surface area contributed by atoms with Crippen molar-refractivity contribution < 1.29 is 31.5 Å². The van der Waals surface area contributed by atoms with E-state index < -0.39 is 27.6 Å². The lowest BCUT2D eigenvalue weighted by Gasteiger charge is -2.14. The highest BCUT2D eigenvalue weighted by Gasteiger charge is 2.25. The van der Waals surface area contributed by atoms with E-state index in [9.17, 15) is 22.0 Å². The van der Waals surface area contributed by atoms with Gasteiger partial charge < -0.3 is 14.8 Å². The molecule has 2 aromatic carbocycles. The lowest BCUT2D eigenvalue weighted by molar-refractivity contribution is 0.102. The lowest BCUT2D eigenvalue weighted by atomic mass is 10.1. The van der Waals surface area contributed by atoms with Crippen molar-refractivity contribution in [2.45, 2.75) is 17.4 Å². The Balaban J connectivity index is 1.90. The van der Waals surface area contributed by atoms with Crippen LogP contribution in [0.1, 0.15) is 16.8 Å². The van der Waals surface area contributed by atoms with Crippen LogP contribution in [0.25, 0.3) is 0 Å². The smallest absolute Gasteiger partial charge is 0.259 e. The van der Waals surface area contributed by atoms with Crippen LogP contribution in [0.4, 0.5) is 14.5 Å². The zero-order valence-electron chi connectivity index (χ0n) is 15.2. The van der Waals surface area contributed by atoms with Gasteiger partial charge in [-0.05, 0) is 30.7 Å². The Morgan fingerprint density at radius 3 is 2.66 bits per heavy atom. The highest BCUT2D eigenvalue weighted by atomic mass is 35.5. The molecule has 0 radical (unpaired) electrons. The Morgan fingerprint density at radius 1 is 1.24 bits per heavy atom. The second-order valence-electron chi connectivity index (χ2n) is 6.24. The lowest BCUT2D eigenvalue weighted by Crippen LogP contribution is -2.35. The van der Waals surface area contributed by atoms with Crippen molar-refractivity contribution in [2.75, 3.05) is 25.6 Å². The fourth-order valence-electron chi connectivity index (χ4n) is 2.75. The van der Waals surface area contributed by atoms with Gasteiger partial charge in [0, 0.05) is 18.7 Å². The number of hydrogen-bond acceptors (Lipinski definition) is 5. The van der Waals surface area contributed by atoms with Crippen LogP contribution >= 0.6 is 11.6 Å². The van der Waals surface area contributed by atoms with Crippen molar-refractivity contribution in [3.8, 4) is 5.75 Å². The number of amides is 1. The fourth-order valence-corrected chi connectivity index (χ4v) is 4.20. The molecule has 1 saturated heterocycles. The van der Waals surface area contributed by atoms with E-state index in [0.717, 1.165) is 12.1 Å². The van der Waals surface area contributed by atoms with E-state index in [4.69, 9.17) is 21.1 Å². The molecule has 1 amide bonds. The van der Waals surface area contributed by atoms with Gasteiger partial charge in [0.2, 0.25) is 10.0 Å². The number of methoxy groups -OCH3 is 1. The van der Waals surface area contributed by atoms with Crippen molar-refractivity contribution in [1.29, 1.82) is 0 Å². The Labute approximate surface area is 171 Å². The quantitative estimate of drug-likeness (QED) is 0.665. The second-order valence-corrected chi connectivity index (χ2v) is 8.37. The van der Waals surface area contributed by atoms with Gasteiger partial charge in [0.1, 0.15) is 17.4 Å². The zero-order valence-corrected chi connectivity index (χ0v) is 16.7. The van der Waals surface area contributed by atoms with Gasteiger partial charge in [0.15, 0.2) is 0 Å². The molecule has 1 aliphatic rings. The highest BCUT2D eigenvalue weighted by molar-refractivity contribution is 7.89. The molecule has 0 aromatic heterocycles. The summed E-state index contributed by atoms with van der Waals surface area (Å²) >= 11 is 5.62. The summed E-state index contributed by atoms with van der Waals surface area (Å²) in [7, 11) is -2.63. The number of carbonyl (C=O) groups excluding carboxylic acids is 1. The summed E-state index contributed by atoms with van der Waals surface area (Å²) in [6.45, 7) is 0.711. The van der Waals surface area contributed by atoms with E-state index >= 15 is 0 Å². The molecule has 2 aromatic rings. The number of nitrogens with one attached hydrogen (secondary N) is 2. The Bertz CT molecular complexity index is 1040. The average Bonchev–Trinajstić information content (AvgIpc) is 3.17. The average molecular weight is 447 g/mol. The van der Waals surface area contributed by atoms with E-state index in [2.05, 4.69) is 10.0 Å². The zero-order chi connectivity index (χ0) is 21.2. The number of ether oxygens (including phenoxy) is 2. The molecular formula is C18H17ClF2N2O5S. The Morgan fingerprint density at radius 2 is 2.00 bits per heavy atom. The van der Waals surface area contributed by atoms with E-state index in [1.54, 1.807) is 0 Å². The number of anilines is 1. The summed E-state index contributed by atoms with van der Waals surface area (Å²) in [6.07, 6.45) is 0.535. The number of sulfonamides is 1. The summed E-state index contributed by atoms with van der Waals surface area (Å²) in [5.41, 5.74) is -0.518. The van der Waals surface area contributed by atoms with Crippen LogP contribution in [0.5, 0.6) is 5.75 Å². The maximum atomic E-state index is 13.9. The molecule has 0 spiro atoms. The SMILES string of the molecule is COc1ccc(S(=O)(=O)NC2CCOC2)cc1C(=O)Nc1cc(Cl)c(F)cc1F. The van der Waals surface area contributed by atoms with Gasteiger partial charge in [-0.15, -0.1) is 0 Å². The monoisotopic (exact) mass is 446 g/mol. The molecule has 1 atom stereocenters. The Kier molecular flexibility index (Phi) is 6.37. The van der Waals surface area contributed by atoms with Crippen LogP contribution in [0.3, 0.4) is 0 Å². The van der Waals surface area contributed by atoms with Gasteiger partial charge in [0.05, 0.1) is 34.9 Å². The van der Waals surface area contributed by atoms with Crippen LogP contribution in [-0.2, 0) is 14.8 Å². The first-order valence-corrected chi connectivity index (χ1v) is 10.3.